The fraction of sp³-hybridized carbons (Fsp3) is 0.281. The Balaban J connectivity index is 1.39. The van der Waals surface area contributed by atoms with Crippen LogP contribution in [0.1, 0.15) is 42.8 Å². The molecule has 3 atom stereocenters. The summed E-state index contributed by atoms with van der Waals surface area (Å²) in [5.41, 5.74) is 1.53. The van der Waals surface area contributed by atoms with Crippen LogP contribution in [-0.4, -0.2) is 48.8 Å². The van der Waals surface area contributed by atoms with Gasteiger partial charge in [0.1, 0.15) is 23.4 Å². The van der Waals surface area contributed by atoms with E-state index in [0.29, 0.717) is 4.47 Å². The molecule has 0 saturated carbocycles. The van der Waals surface area contributed by atoms with Gasteiger partial charge in [0, 0.05) is 23.4 Å². The lowest BCUT2D eigenvalue weighted by Crippen LogP contribution is -2.52. The number of sulfonamides is 1. The minimum absolute atomic E-state index is 0.0434. The van der Waals surface area contributed by atoms with Crippen LogP contribution in [0, 0.1) is 6.92 Å². The molecule has 0 spiro atoms. The van der Waals surface area contributed by atoms with Crippen molar-refractivity contribution in [2.45, 2.75) is 56.6 Å². The Kier molecular flexibility index (Phi) is 8.63. The number of carbonyl (C=O) groups is 3. The summed E-state index contributed by atoms with van der Waals surface area (Å²) in [7, 11) is -4.26. The first-order valence-electron chi connectivity index (χ1n) is 14.7. The number of nitrogens with zero attached hydrogens (tertiary/aromatic N) is 3. The first-order valence-corrected chi connectivity index (χ1v) is 16.9. The van der Waals surface area contributed by atoms with Crippen molar-refractivity contribution in [3.63, 3.8) is 0 Å². The van der Waals surface area contributed by atoms with Gasteiger partial charge in [-0.15, -0.1) is 4.31 Å². The van der Waals surface area contributed by atoms with E-state index in [9.17, 15) is 27.9 Å². The van der Waals surface area contributed by atoms with Gasteiger partial charge in [0.2, 0.25) is 22.6 Å². The highest BCUT2D eigenvalue weighted by atomic mass is 79.9. The average Bonchev–Trinajstić information content (AvgIpc) is 3.02. The number of ether oxygens (including phenoxy) is 1. The number of imide groups is 1. The molecule has 12 nitrogen and oxygen atoms in total. The van der Waals surface area contributed by atoms with Crippen molar-refractivity contribution in [3.8, 4) is 5.75 Å². The Labute approximate surface area is 273 Å². The number of aromatic nitrogens is 2. The van der Waals surface area contributed by atoms with E-state index in [2.05, 4.69) is 31.5 Å². The normalized spacial score (nSPS) is 19.7. The van der Waals surface area contributed by atoms with Gasteiger partial charge in [0.05, 0.1) is 24.2 Å². The lowest BCUT2D eigenvalue weighted by Gasteiger charge is -2.37. The van der Waals surface area contributed by atoms with Crippen LogP contribution in [0.2, 0.25) is 0 Å². The highest BCUT2D eigenvalue weighted by molar-refractivity contribution is 9.10. The van der Waals surface area contributed by atoms with Crippen LogP contribution in [0.15, 0.2) is 74.8 Å². The number of nitrogens with one attached hydrogen (secondary N) is 2. The number of hydrogen-bond donors (Lipinski definition) is 2. The molecule has 0 aliphatic carbocycles. The summed E-state index contributed by atoms with van der Waals surface area (Å²) in [6.07, 6.45) is 0.358. The topological polar surface area (TPSA) is 163 Å². The molecule has 14 heteroatoms. The summed E-state index contributed by atoms with van der Waals surface area (Å²) in [5.74, 6) is -1.19. The van der Waals surface area contributed by atoms with E-state index in [-0.39, 0.29) is 65.5 Å². The number of halogens is 1. The molecular weight excluding hydrogens is 678 g/mol. The molecule has 0 radical (unpaired) electrons. The molecule has 46 heavy (non-hydrogen) atoms. The van der Waals surface area contributed by atoms with E-state index < -0.39 is 45.8 Å². The van der Waals surface area contributed by atoms with Gasteiger partial charge in [-0.05, 0) is 55.7 Å². The largest absolute Gasteiger partial charge is 0.593 e. The molecule has 2 aliphatic heterocycles. The zero-order valence-corrected chi connectivity index (χ0v) is 27.4. The minimum Gasteiger partial charge on any atom is -0.593 e. The monoisotopic (exact) mass is 707 g/mol. The molecule has 4 aromatic rings. The van der Waals surface area contributed by atoms with Gasteiger partial charge in [0.25, 0.3) is 5.56 Å². The van der Waals surface area contributed by atoms with Gasteiger partial charge in [-0.2, -0.15) is 0 Å². The third-order valence-corrected chi connectivity index (χ3v) is 10.6. The Morgan fingerprint density at radius 3 is 2.63 bits per heavy atom. The third-order valence-electron chi connectivity index (χ3n) is 8.19. The number of para-hydroxylation sites is 1. The fourth-order valence-corrected chi connectivity index (χ4v) is 8.24. The van der Waals surface area contributed by atoms with E-state index in [1.165, 1.54) is 21.0 Å². The Bertz CT molecular complexity index is 2010. The number of amides is 3. The van der Waals surface area contributed by atoms with Crippen LogP contribution < -0.4 is 20.9 Å². The summed E-state index contributed by atoms with van der Waals surface area (Å²) >= 11 is 3.36. The Morgan fingerprint density at radius 1 is 1.13 bits per heavy atom. The number of piperidine rings is 1. The molecule has 1 fully saturated rings. The summed E-state index contributed by atoms with van der Waals surface area (Å²) in [6.45, 7) is 3.53. The molecule has 3 amide bonds. The maximum absolute atomic E-state index is 14.3. The predicted molar refractivity (Wildman–Crippen MR) is 173 cm³/mol. The van der Waals surface area contributed by atoms with E-state index in [1.54, 1.807) is 38.1 Å². The molecule has 0 bridgehead atoms. The zero-order chi connectivity index (χ0) is 32.7. The molecule has 6 rings (SSSR count). The van der Waals surface area contributed by atoms with E-state index in [4.69, 9.17) is 4.74 Å². The van der Waals surface area contributed by atoms with E-state index in [1.807, 2.05) is 24.3 Å². The second kappa shape index (κ2) is 12.5. The molecular formula is C32H30BrN5O7S. The van der Waals surface area contributed by atoms with Crippen molar-refractivity contribution < 1.29 is 27.9 Å². The molecule has 238 valence electrons. The third kappa shape index (κ3) is 5.77. The molecule has 3 heterocycles. The molecule has 2 aliphatic rings. The maximum Gasteiger partial charge on any atom is 0.262 e. The van der Waals surface area contributed by atoms with Crippen LogP contribution in [0.4, 0.5) is 5.69 Å². The molecule has 3 unspecified atom stereocenters. The summed E-state index contributed by atoms with van der Waals surface area (Å²) in [6, 6.07) is 14.7. The van der Waals surface area contributed by atoms with Gasteiger partial charge in [-0.25, -0.2) is 4.98 Å². The van der Waals surface area contributed by atoms with Crippen molar-refractivity contribution in [3.05, 3.63) is 92.4 Å². The van der Waals surface area contributed by atoms with Crippen LogP contribution in [0.5, 0.6) is 5.75 Å². The van der Waals surface area contributed by atoms with Gasteiger partial charge in [0.15, 0.2) is 16.1 Å². The Hall–Kier alpha value is -4.24. The quantitative estimate of drug-likeness (QED) is 0.216. The van der Waals surface area contributed by atoms with E-state index in [0.717, 1.165) is 11.1 Å². The second-order valence-corrected chi connectivity index (χ2v) is 13.8. The van der Waals surface area contributed by atoms with Crippen molar-refractivity contribution in [1.29, 1.82) is 0 Å². The van der Waals surface area contributed by atoms with E-state index >= 15 is 0 Å². The van der Waals surface area contributed by atoms with Gasteiger partial charge in [-0.1, -0.05) is 50.5 Å². The molecule has 1 aromatic heterocycles. The molecule has 1 saturated heterocycles. The zero-order valence-electron chi connectivity index (χ0n) is 24.9. The predicted octanol–water partition coefficient (Wildman–Crippen LogP) is 3.81. The van der Waals surface area contributed by atoms with Crippen LogP contribution >= 0.6 is 15.9 Å². The maximum atomic E-state index is 14.3. The number of anilines is 1. The highest BCUT2D eigenvalue weighted by Crippen LogP contribution is 2.38. The van der Waals surface area contributed by atoms with Crippen LogP contribution in [-0.2, 0) is 42.0 Å². The lowest BCUT2D eigenvalue weighted by atomic mass is 9.95. The smallest absolute Gasteiger partial charge is 0.262 e. The van der Waals surface area contributed by atoms with Crippen molar-refractivity contribution in [2.75, 3.05) is 11.9 Å². The first kappa shape index (κ1) is 31.7. The molecule has 2 N–H and O–H groups in total. The summed E-state index contributed by atoms with van der Waals surface area (Å²) in [4.78, 5) is 56.5. The molecule has 3 aromatic carbocycles. The van der Waals surface area contributed by atoms with Gasteiger partial charge >= 0.3 is 0 Å². The van der Waals surface area contributed by atoms with Gasteiger partial charge in [-0.3, -0.25) is 29.1 Å². The minimum atomic E-state index is -4.26. The fourth-order valence-electron chi connectivity index (χ4n) is 6.00. The van der Waals surface area contributed by atoms with Crippen molar-refractivity contribution in [1.82, 2.24) is 19.2 Å². The Morgan fingerprint density at radius 2 is 1.89 bits per heavy atom. The number of hydrogen-bond acceptors (Lipinski definition) is 8. The summed E-state index contributed by atoms with van der Waals surface area (Å²) < 4.78 is 37.2. The summed E-state index contributed by atoms with van der Waals surface area (Å²) in [5, 5.41) is 5.26. The van der Waals surface area contributed by atoms with Crippen molar-refractivity contribution in [2.24, 2.45) is 0 Å². The second-order valence-electron chi connectivity index (χ2n) is 11.1. The number of rotatable bonds is 7. The first-order chi connectivity index (χ1) is 22.0. The average molecular weight is 709 g/mol. The van der Waals surface area contributed by atoms with Gasteiger partial charge < -0.3 is 14.6 Å². The standard InChI is InChI=1S/C32H30BrN5O7S/c1-3-45-26-13-11-21(33)16-27(26)46(43,44)37-17-20-8-5-4-7-19(20)15-25(37)31(41)35-23-10-6-9-22-29(23)34-18(2)38(32(22)42)24-12-14-28(39)36-30(24)40/h4-11,13,16,24-25H,3,12,14-15,17H2,1-2H3,(H2-,35,36,39,40,41,43,44). The number of fused-ring (bicyclic) bond motifs is 2. The number of carbonyl (C=O) groups excluding carboxylic acids is 3. The van der Waals surface area contributed by atoms with Crippen LogP contribution in [0.3, 0.4) is 0 Å². The number of benzene rings is 3. The highest BCUT2D eigenvalue weighted by Gasteiger charge is 2.45. The number of aryl methyl sites for hydroxylation is 1. The van der Waals surface area contributed by atoms with Crippen molar-refractivity contribution >= 4 is 60.6 Å². The SMILES string of the molecule is CCOc1ccc(Br)cc1[S+](=O)([O-])N1Cc2ccccc2CC1C(=O)Nc1cccc2c(=O)n(C3CCC(=O)NC3=O)c(C)nc12. The van der Waals surface area contributed by atoms with Crippen LogP contribution in [0.25, 0.3) is 10.9 Å². The lowest BCUT2D eigenvalue weighted by molar-refractivity contribution is -0.135.